The maximum Gasteiger partial charge on any atom is 0.258 e. The third-order valence-electron chi connectivity index (χ3n) is 3.22. The van der Waals surface area contributed by atoms with Gasteiger partial charge in [0.05, 0.1) is 0 Å². The van der Waals surface area contributed by atoms with E-state index < -0.39 is 17.9 Å². The summed E-state index contributed by atoms with van der Waals surface area (Å²) in [6, 6.07) is 13.0. The first kappa shape index (κ1) is 16.8. The van der Waals surface area contributed by atoms with Crippen molar-refractivity contribution in [3.8, 4) is 5.75 Å². The number of amides is 2. The highest BCUT2D eigenvalue weighted by atomic mass is 35.5. The smallest absolute Gasteiger partial charge is 0.258 e. The Bertz CT molecular complexity index is 704. The lowest BCUT2D eigenvalue weighted by Gasteiger charge is -2.16. The highest BCUT2D eigenvalue weighted by Crippen LogP contribution is 2.21. The summed E-state index contributed by atoms with van der Waals surface area (Å²) in [6.07, 6.45) is 0. The number of primary amides is 1. The lowest BCUT2D eigenvalue weighted by atomic mass is 10.1. The number of nitrogens with two attached hydrogens (primary N) is 1. The van der Waals surface area contributed by atoms with Gasteiger partial charge in [0.15, 0.2) is 6.61 Å². The Balaban J connectivity index is 1.97. The van der Waals surface area contributed by atoms with Crippen molar-refractivity contribution < 1.29 is 14.3 Å². The van der Waals surface area contributed by atoms with Gasteiger partial charge in [-0.15, -0.1) is 0 Å². The van der Waals surface area contributed by atoms with Gasteiger partial charge >= 0.3 is 0 Å². The maximum absolute atomic E-state index is 12.0. The average Bonchev–Trinajstić information content (AvgIpc) is 2.54. The highest BCUT2D eigenvalue weighted by molar-refractivity contribution is 6.31. The van der Waals surface area contributed by atoms with Gasteiger partial charge in [0, 0.05) is 5.02 Å². The van der Waals surface area contributed by atoms with Crippen LogP contribution in [0, 0.1) is 6.92 Å². The molecule has 0 saturated carbocycles. The summed E-state index contributed by atoms with van der Waals surface area (Å²) in [5, 5.41) is 3.19. The van der Waals surface area contributed by atoms with E-state index in [9.17, 15) is 9.59 Å². The molecule has 0 bridgehead atoms. The number of halogens is 1. The summed E-state index contributed by atoms with van der Waals surface area (Å²) >= 11 is 5.93. The molecule has 1 atom stereocenters. The molecule has 0 spiro atoms. The topological polar surface area (TPSA) is 81.4 Å². The van der Waals surface area contributed by atoms with E-state index in [-0.39, 0.29) is 6.61 Å². The van der Waals surface area contributed by atoms with Gasteiger partial charge in [-0.25, -0.2) is 0 Å². The van der Waals surface area contributed by atoms with Crippen LogP contribution in [0.4, 0.5) is 0 Å². The van der Waals surface area contributed by atoms with Gasteiger partial charge in [-0.3, -0.25) is 9.59 Å². The standard InChI is InChI=1S/C17H17ClN2O3/c1-11-9-13(7-8-14(11)18)23-10-15(21)20-16(17(19)22)12-5-3-2-4-6-12/h2-9,16H,10H2,1H3,(H2,19,22)(H,20,21)/t16-/m1/s1. The van der Waals surface area contributed by atoms with E-state index in [2.05, 4.69) is 5.32 Å². The predicted octanol–water partition coefficient (Wildman–Crippen LogP) is 2.37. The Morgan fingerprint density at radius 3 is 2.52 bits per heavy atom. The number of carbonyl (C=O) groups is 2. The van der Waals surface area contributed by atoms with Crippen molar-refractivity contribution in [2.24, 2.45) is 5.73 Å². The molecule has 5 nitrogen and oxygen atoms in total. The third kappa shape index (κ3) is 4.72. The summed E-state index contributed by atoms with van der Waals surface area (Å²) < 4.78 is 5.40. The van der Waals surface area contributed by atoms with E-state index in [1.165, 1.54) is 0 Å². The van der Waals surface area contributed by atoms with E-state index in [1.807, 2.05) is 13.0 Å². The van der Waals surface area contributed by atoms with Crippen molar-refractivity contribution in [3.63, 3.8) is 0 Å². The quantitative estimate of drug-likeness (QED) is 0.852. The van der Waals surface area contributed by atoms with Crippen LogP contribution in [0.3, 0.4) is 0 Å². The van der Waals surface area contributed by atoms with Crippen molar-refractivity contribution in [2.45, 2.75) is 13.0 Å². The fraction of sp³-hybridized carbons (Fsp3) is 0.176. The van der Waals surface area contributed by atoms with Crippen LogP contribution in [0.5, 0.6) is 5.75 Å². The maximum atomic E-state index is 12.0. The monoisotopic (exact) mass is 332 g/mol. The van der Waals surface area contributed by atoms with E-state index in [4.69, 9.17) is 22.1 Å². The Morgan fingerprint density at radius 1 is 1.22 bits per heavy atom. The molecule has 2 rings (SSSR count). The number of benzene rings is 2. The first-order chi connectivity index (χ1) is 11.0. The molecule has 0 saturated heterocycles. The van der Waals surface area contributed by atoms with Gasteiger partial charge in [0.2, 0.25) is 5.91 Å². The highest BCUT2D eigenvalue weighted by Gasteiger charge is 2.20. The molecule has 0 heterocycles. The number of hydrogen-bond acceptors (Lipinski definition) is 3. The molecule has 120 valence electrons. The van der Waals surface area contributed by atoms with E-state index >= 15 is 0 Å². The average molecular weight is 333 g/mol. The normalized spacial score (nSPS) is 11.6. The van der Waals surface area contributed by atoms with E-state index in [0.29, 0.717) is 16.3 Å². The molecule has 3 N–H and O–H groups in total. The van der Waals surface area contributed by atoms with Gasteiger partial charge in [-0.05, 0) is 36.2 Å². The van der Waals surface area contributed by atoms with E-state index in [1.54, 1.807) is 42.5 Å². The summed E-state index contributed by atoms with van der Waals surface area (Å²) in [7, 11) is 0. The minimum Gasteiger partial charge on any atom is -0.484 e. The predicted molar refractivity (Wildman–Crippen MR) is 88.2 cm³/mol. The number of rotatable bonds is 6. The van der Waals surface area contributed by atoms with Gasteiger partial charge < -0.3 is 15.8 Å². The van der Waals surface area contributed by atoms with Crippen LogP contribution in [-0.4, -0.2) is 18.4 Å². The summed E-state index contributed by atoms with van der Waals surface area (Å²) in [5.41, 5.74) is 6.82. The fourth-order valence-electron chi connectivity index (χ4n) is 2.02. The van der Waals surface area contributed by atoms with Crippen LogP contribution in [0.1, 0.15) is 17.2 Å². The zero-order valence-corrected chi connectivity index (χ0v) is 13.3. The van der Waals surface area contributed by atoms with Crippen LogP contribution in [-0.2, 0) is 9.59 Å². The molecule has 23 heavy (non-hydrogen) atoms. The number of nitrogens with one attached hydrogen (secondary N) is 1. The minimum absolute atomic E-state index is 0.225. The lowest BCUT2D eigenvalue weighted by molar-refractivity contribution is -0.128. The molecule has 0 aromatic heterocycles. The molecule has 2 aromatic rings. The Kier molecular flexibility index (Phi) is 5.60. The molecule has 0 unspecified atom stereocenters. The largest absolute Gasteiger partial charge is 0.484 e. The van der Waals surface area contributed by atoms with Crippen LogP contribution in [0.25, 0.3) is 0 Å². The third-order valence-corrected chi connectivity index (χ3v) is 3.65. The first-order valence-electron chi connectivity index (χ1n) is 7.00. The molecule has 0 fully saturated rings. The zero-order chi connectivity index (χ0) is 16.8. The van der Waals surface area contributed by atoms with Crippen molar-refractivity contribution >= 4 is 23.4 Å². The van der Waals surface area contributed by atoms with Crippen molar-refractivity contribution in [1.82, 2.24) is 5.32 Å². The zero-order valence-electron chi connectivity index (χ0n) is 12.6. The molecule has 2 amide bonds. The van der Waals surface area contributed by atoms with Crippen molar-refractivity contribution in [2.75, 3.05) is 6.61 Å². The summed E-state index contributed by atoms with van der Waals surface area (Å²) in [6.45, 7) is 1.62. The molecular weight excluding hydrogens is 316 g/mol. The van der Waals surface area contributed by atoms with Crippen molar-refractivity contribution in [1.29, 1.82) is 0 Å². The van der Waals surface area contributed by atoms with Crippen LogP contribution < -0.4 is 15.8 Å². The molecule has 0 aliphatic carbocycles. The van der Waals surface area contributed by atoms with Crippen LogP contribution >= 0.6 is 11.6 Å². The van der Waals surface area contributed by atoms with Gasteiger partial charge in [0.1, 0.15) is 11.8 Å². The summed E-state index contributed by atoms with van der Waals surface area (Å²) in [4.78, 5) is 23.5. The molecule has 0 aliphatic rings. The number of ether oxygens (including phenoxy) is 1. The minimum atomic E-state index is -0.890. The second-order valence-corrected chi connectivity index (χ2v) is 5.42. The second kappa shape index (κ2) is 7.65. The number of aryl methyl sites for hydroxylation is 1. The van der Waals surface area contributed by atoms with Gasteiger partial charge in [-0.1, -0.05) is 41.9 Å². The van der Waals surface area contributed by atoms with E-state index in [0.717, 1.165) is 5.56 Å². The lowest BCUT2D eigenvalue weighted by Crippen LogP contribution is -2.39. The fourth-order valence-corrected chi connectivity index (χ4v) is 2.14. The Morgan fingerprint density at radius 2 is 1.91 bits per heavy atom. The number of hydrogen-bond donors (Lipinski definition) is 2. The molecule has 2 aromatic carbocycles. The first-order valence-corrected chi connectivity index (χ1v) is 7.37. The van der Waals surface area contributed by atoms with Gasteiger partial charge in [-0.2, -0.15) is 0 Å². The second-order valence-electron chi connectivity index (χ2n) is 5.01. The molecule has 6 heteroatoms. The molecule has 0 radical (unpaired) electrons. The molecular formula is C17H17ClN2O3. The van der Waals surface area contributed by atoms with Crippen LogP contribution in [0.2, 0.25) is 5.02 Å². The van der Waals surface area contributed by atoms with Crippen LogP contribution in [0.15, 0.2) is 48.5 Å². The van der Waals surface area contributed by atoms with Gasteiger partial charge in [0.25, 0.3) is 5.91 Å². The summed E-state index contributed by atoms with van der Waals surface area (Å²) in [5.74, 6) is -0.547. The Hall–Kier alpha value is -2.53. The Labute approximate surface area is 139 Å². The number of carbonyl (C=O) groups excluding carboxylic acids is 2. The SMILES string of the molecule is Cc1cc(OCC(=O)N[C@@H](C(N)=O)c2ccccc2)ccc1Cl. The molecule has 0 aliphatic heterocycles. The van der Waals surface area contributed by atoms with Crippen molar-refractivity contribution in [3.05, 3.63) is 64.7 Å².